The van der Waals surface area contributed by atoms with Crippen LogP contribution in [-0.2, 0) is 16.0 Å². The summed E-state index contributed by atoms with van der Waals surface area (Å²) in [6, 6.07) is 2.86. The molecule has 2 heterocycles. The SMILES string of the molecule is Cc1nc(N2CCOCC2)[nH]c(=O)c1CCC(=O)Oc1c(Cl)cc(Cl)cc1Cl. The number of esters is 1. The number of aromatic amines is 1. The Morgan fingerprint density at radius 2 is 1.89 bits per heavy atom. The van der Waals surface area contributed by atoms with Gasteiger partial charge in [-0.3, -0.25) is 14.6 Å². The Labute approximate surface area is 176 Å². The summed E-state index contributed by atoms with van der Waals surface area (Å²) < 4.78 is 10.5. The Morgan fingerprint density at radius 3 is 2.50 bits per heavy atom. The number of carbonyl (C=O) groups excluding carboxylic acids is 1. The quantitative estimate of drug-likeness (QED) is 0.560. The molecule has 0 radical (unpaired) electrons. The van der Waals surface area contributed by atoms with Gasteiger partial charge in [-0.1, -0.05) is 34.8 Å². The first-order valence-corrected chi connectivity index (χ1v) is 9.76. The average molecular weight is 447 g/mol. The largest absolute Gasteiger partial charge is 0.423 e. The summed E-state index contributed by atoms with van der Waals surface area (Å²) in [4.78, 5) is 33.8. The second-order valence-electron chi connectivity index (χ2n) is 6.23. The molecule has 0 atom stereocenters. The van der Waals surface area contributed by atoms with Gasteiger partial charge in [0, 0.05) is 29.4 Å². The summed E-state index contributed by atoms with van der Waals surface area (Å²) in [5.74, 6) is -0.0109. The third-order valence-electron chi connectivity index (χ3n) is 4.28. The van der Waals surface area contributed by atoms with Crippen LogP contribution in [-0.4, -0.2) is 42.2 Å². The predicted octanol–water partition coefficient (Wildman–Crippen LogP) is 3.41. The highest BCUT2D eigenvalue weighted by Crippen LogP contribution is 2.36. The van der Waals surface area contributed by atoms with Gasteiger partial charge in [0.2, 0.25) is 5.95 Å². The molecule has 3 rings (SSSR count). The van der Waals surface area contributed by atoms with E-state index in [0.29, 0.717) is 48.5 Å². The summed E-state index contributed by atoms with van der Waals surface area (Å²) in [7, 11) is 0. The number of aromatic nitrogens is 2. The van der Waals surface area contributed by atoms with Crippen molar-refractivity contribution in [1.82, 2.24) is 9.97 Å². The molecule has 1 aromatic heterocycles. The van der Waals surface area contributed by atoms with Crippen LogP contribution in [0.2, 0.25) is 15.1 Å². The van der Waals surface area contributed by atoms with Gasteiger partial charge in [-0.05, 0) is 25.5 Å². The number of aryl methyl sites for hydroxylation is 1. The van der Waals surface area contributed by atoms with Crippen molar-refractivity contribution in [3.05, 3.63) is 48.8 Å². The molecule has 10 heteroatoms. The second kappa shape index (κ2) is 9.13. The maximum Gasteiger partial charge on any atom is 0.311 e. The van der Waals surface area contributed by atoms with E-state index in [9.17, 15) is 9.59 Å². The van der Waals surface area contributed by atoms with Gasteiger partial charge in [0.1, 0.15) is 0 Å². The molecule has 7 nitrogen and oxygen atoms in total. The monoisotopic (exact) mass is 445 g/mol. The van der Waals surface area contributed by atoms with E-state index in [1.807, 2.05) is 4.90 Å². The van der Waals surface area contributed by atoms with Gasteiger partial charge in [-0.2, -0.15) is 0 Å². The minimum absolute atomic E-state index is 0.0300. The normalized spacial score (nSPS) is 14.2. The first kappa shape index (κ1) is 20.9. The number of halogens is 3. The molecule has 150 valence electrons. The highest BCUT2D eigenvalue weighted by Gasteiger charge is 2.18. The Morgan fingerprint density at radius 1 is 1.25 bits per heavy atom. The maximum atomic E-state index is 12.5. The lowest BCUT2D eigenvalue weighted by Crippen LogP contribution is -2.38. The zero-order chi connectivity index (χ0) is 20.3. The molecule has 0 aliphatic carbocycles. The fourth-order valence-corrected chi connectivity index (χ4v) is 3.73. The van der Waals surface area contributed by atoms with Crippen LogP contribution in [0.4, 0.5) is 5.95 Å². The number of anilines is 1. The molecular weight excluding hydrogens is 429 g/mol. The van der Waals surface area contributed by atoms with Crippen molar-refractivity contribution in [2.45, 2.75) is 19.8 Å². The van der Waals surface area contributed by atoms with Crippen LogP contribution in [0.15, 0.2) is 16.9 Å². The number of nitrogens with one attached hydrogen (secondary N) is 1. The third kappa shape index (κ3) is 4.97. The molecular formula is C18H18Cl3N3O4. The van der Waals surface area contributed by atoms with Gasteiger partial charge in [-0.15, -0.1) is 0 Å². The van der Waals surface area contributed by atoms with Crippen molar-refractivity contribution in [2.75, 3.05) is 31.2 Å². The minimum Gasteiger partial charge on any atom is -0.423 e. The lowest BCUT2D eigenvalue weighted by molar-refractivity contribution is -0.134. The maximum absolute atomic E-state index is 12.5. The summed E-state index contributed by atoms with van der Waals surface area (Å²) in [6.45, 7) is 4.25. The number of rotatable bonds is 5. The van der Waals surface area contributed by atoms with Crippen molar-refractivity contribution >= 4 is 46.7 Å². The molecule has 0 bridgehead atoms. The molecule has 0 amide bonds. The van der Waals surface area contributed by atoms with Gasteiger partial charge in [0.15, 0.2) is 5.75 Å². The number of hydrogen-bond donors (Lipinski definition) is 1. The highest BCUT2D eigenvalue weighted by atomic mass is 35.5. The van der Waals surface area contributed by atoms with E-state index in [4.69, 9.17) is 44.3 Å². The molecule has 1 saturated heterocycles. The van der Waals surface area contributed by atoms with Gasteiger partial charge in [0.05, 0.1) is 29.7 Å². The first-order chi connectivity index (χ1) is 13.3. The van der Waals surface area contributed by atoms with Crippen molar-refractivity contribution in [2.24, 2.45) is 0 Å². The lowest BCUT2D eigenvalue weighted by Gasteiger charge is -2.27. The summed E-state index contributed by atoms with van der Waals surface area (Å²) in [6.07, 6.45) is 0.150. The first-order valence-electron chi connectivity index (χ1n) is 8.63. The molecule has 2 aromatic rings. The van der Waals surface area contributed by atoms with Crippen LogP contribution in [0.5, 0.6) is 5.75 Å². The minimum atomic E-state index is -0.567. The number of H-pyrrole nitrogens is 1. The van der Waals surface area contributed by atoms with E-state index in [1.54, 1.807) is 6.92 Å². The molecule has 1 aromatic carbocycles. The molecule has 1 N–H and O–H groups in total. The van der Waals surface area contributed by atoms with E-state index in [2.05, 4.69) is 9.97 Å². The smallest absolute Gasteiger partial charge is 0.311 e. The van der Waals surface area contributed by atoms with Gasteiger partial charge in [-0.25, -0.2) is 4.98 Å². The fraction of sp³-hybridized carbons (Fsp3) is 0.389. The predicted molar refractivity (Wildman–Crippen MR) is 108 cm³/mol. The van der Waals surface area contributed by atoms with Gasteiger partial charge < -0.3 is 14.4 Å². The number of carbonyl (C=O) groups is 1. The molecule has 0 unspecified atom stereocenters. The Bertz CT molecular complexity index is 919. The second-order valence-corrected chi connectivity index (χ2v) is 7.48. The lowest BCUT2D eigenvalue weighted by atomic mass is 10.1. The van der Waals surface area contributed by atoms with E-state index in [0.717, 1.165) is 0 Å². The standard InChI is InChI=1S/C18H18Cl3N3O4/c1-10-12(17(26)23-18(22-10)24-4-6-27-7-5-24)2-3-15(25)28-16-13(20)8-11(19)9-14(16)21/h8-9H,2-7H2,1H3,(H,22,23,26). The summed E-state index contributed by atoms with van der Waals surface area (Å²) in [5, 5.41) is 0.608. The number of morpholine rings is 1. The van der Waals surface area contributed by atoms with Crippen LogP contribution in [0.3, 0.4) is 0 Å². The van der Waals surface area contributed by atoms with Crippen molar-refractivity contribution in [3.8, 4) is 5.75 Å². The van der Waals surface area contributed by atoms with Crippen molar-refractivity contribution in [3.63, 3.8) is 0 Å². The molecule has 0 spiro atoms. The van der Waals surface area contributed by atoms with Crippen LogP contribution >= 0.6 is 34.8 Å². The average Bonchev–Trinajstić information content (AvgIpc) is 2.64. The third-order valence-corrected chi connectivity index (χ3v) is 5.06. The van der Waals surface area contributed by atoms with E-state index in [-0.39, 0.29) is 34.2 Å². The molecule has 1 fully saturated rings. The molecule has 0 saturated carbocycles. The fourth-order valence-electron chi connectivity index (χ4n) is 2.83. The molecule has 1 aliphatic heterocycles. The Hall–Kier alpha value is -1.80. The van der Waals surface area contributed by atoms with E-state index >= 15 is 0 Å². The zero-order valence-electron chi connectivity index (χ0n) is 15.1. The van der Waals surface area contributed by atoms with Crippen LogP contribution in [0.1, 0.15) is 17.7 Å². The molecule has 1 aliphatic rings. The number of nitrogens with zero attached hydrogens (tertiary/aromatic N) is 2. The van der Waals surface area contributed by atoms with Crippen molar-refractivity contribution < 1.29 is 14.3 Å². The van der Waals surface area contributed by atoms with Crippen LogP contribution in [0.25, 0.3) is 0 Å². The topological polar surface area (TPSA) is 84.5 Å². The van der Waals surface area contributed by atoms with Crippen LogP contribution < -0.4 is 15.2 Å². The number of hydrogen-bond acceptors (Lipinski definition) is 6. The molecule has 28 heavy (non-hydrogen) atoms. The van der Waals surface area contributed by atoms with Crippen molar-refractivity contribution in [1.29, 1.82) is 0 Å². The summed E-state index contributed by atoms with van der Waals surface area (Å²) in [5.41, 5.74) is 0.729. The van der Waals surface area contributed by atoms with Crippen LogP contribution in [0, 0.1) is 6.92 Å². The highest BCUT2D eigenvalue weighted by molar-refractivity contribution is 6.40. The van der Waals surface area contributed by atoms with Gasteiger partial charge >= 0.3 is 5.97 Å². The Balaban J connectivity index is 1.67. The Kier molecular flexibility index (Phi) is 6.82. The van der Waals surface area contributed by atoms with E-state index in [1.165, 1.54) is 12.1 Å². The van der Waals surface area contributed by atoms with E-state index < -0.39 is 5.97 Å². The number of benzene rings is 1. The summed E-state index contributed by atoms with van der Waals surface area (Å²) >= 11 is 17.9. The van der Waals surface area contributed by atoms with Gasteiger partial charge in [0.25, 0.3) is 5.56 Å². The zero-order valence-corrected chi connectivity index (χ0v) is 17.3. The number of ether oxygens (including phenoxy) is 2.